The van der Waals surface area contributed by atoms with Gasteiger partial charge in [0.05, 0.1) is 16.9 Å². The van der Waals surface area contributed by atoms with Gasteiger partial charge in [-0.2, -0.15) is 0 Å². The number of hydrazine groups is 1. The van der Waals surface area contributed by atoms with Gasteiger partial charge in [-0.05, 0) is 61.0 Å². The van der Waals surface area contributed by atoms with Crippen LogP contribution in [-0.2, 0) is 9.59 Å². The number of anilines is 3. The predicted octanol–water partition coefficient (Wildman–Crippen LogP) is 3.66. The van der Waals surface area contributed by atoms with Gasteiger partial charge in [0.1, 0.15) is 0 Å². The molecule has 4 rings (SSSR count). The minimum atomic E-state index is -0.411. The molecule has 3 aromatic carbocycles. The molecule has 3 N–H and O–H groups in total. The summed E-state index contributed by atoms with van der Waals surface area (Å²) in [6, 6.07) is 20.4. The summed E-state index contributed by atoms with van der Waals surface area (Å²) in [7, 11) is 0. The second-order valence-electron chi connectivity index (χ2n) is 7.63. The van der Waals surface area contributed by atoms with Crippen LogP contribution in [0.3, 0.4) is 0 Å². The largest absolute Gasteiger partial charge is 0.322 e. The topological polar surface area (TPSA) is 108 Å². The molecule has 0 saturated carbocycles. The first-order valence-corrected chi connectivity index (χ1v) is 10.4. The average Bonchev–Trinajstić information content (AvgIpc) is 2.81. The lowest BCUT2D eigenvalue weighted by Gasteiger charge is -2.27. The molecule has 1 saturated heterocycles. The summed E-state index contributed by atoms with van der Waals surface area (Å²) in [6.45, 7) is 1.93. The molecule has 0 unspecified atom stereocenters. The summed E-state index contributed by atoms with van der Waals surface area (Å²) in [5, 5.41) is 6.79. The third-order valence-corrected chi connectivity index (χ3v) is 5.14. The Kier molecular flexibility index (Phi) is 6.17. The van der Waals surface area contributed by atoms with Crippen LogP contribution in [0.4, 0.5) is 17.1 Å². The molecule has 166 valence electrons. The van der Waals surface area contributed by atoms with Crippen molar-refractivity contribution in [2.45, 2.75) is 19.8 Å². The smallest absolute Gasteiger partial charge is 0.257 e. The van der Waals surface area contributed by atoms with Gasteiger partial charge in [0, 0.05) is 24.1 Å². The zero-order chi connectivity index (χ0) is 23.4. The summed E-state index contributed by atoms with van der Waals surface area (Å²) in [6.07, 6.45) is 0.294. The average molecular weight is 442 g/mol. The van der Waals surface area contributed by atoms with Gasteiger partial charge in [-0.3, -0.25) is 24.6 Å². The van der Waals surface area contributed by atoms with Crippen molar-refractivity contribution in [3.8, 4) is 0 Å². The van der Waals surface area contributed by atoms with E-state index in [0.29, 0.717) is 28.2 Å². The Labute approximate surface area is 190 Å². The molecule has 0 spiro atoms. The van der Waals surface area contributed by atoms with Gasteiger partial charge < -0.3 is 10.6 Å². The van der Waals surface area contributed by atoms with Gasteiger partial charge in [-0.25, -0.2) is 5.01 Å². The molecule has 4 amide bonds. The van der Waals surface area contributed by atoms with Crippen LogP contribution in [0, 0.1) is 6.92 Å². The fourth-order valence-corrected chi connectivity index (χ4v) is 3.45. The van der Waals surface area contributed by atoms with Crippen molar-refractivity contribution >= 4 is 40.7 Å². The Morgan fingerprint density at radius 1 is 0.848 bits per heavy atom. The molecule has 0 atom stereocenters. The number of carbonyl (C=O) groups excluding carboxylic acids is 4. The number of nitrogens with one attached hydrogen (secondary N) is 3. The van der Waals surface area contributed by atoms with Crippen LogP contribution < -0.4 is 21.1 Å². The number of para-hydroxylation sites is 1. The fraction of sp³-hybridized carbons (Fsp3) is 0.120. The highest BCUT2D eigenvalue weighted by atomic mass is 16.2. The standard InChI is InChI=1S/C25H22N4O4/c1-16-5-4-6-18(15-16)26-25(33)20-7-2-3-8-21(20)27-24(32)17-9-11-19(12-10-17)29-23(31)14-13-22(30)28-29/h2-12,15H,13-14H2,1H3,(H,26,33)(H,27,32)(H,28,30). The Balaban J connectivity index is 1.48. The monoisotopic (exact) mass is 442 g/mol. The van der Waals surface area contributed by atoms with Gasteiger partial charge in [-0.15, -0.1) is 0 Å². The van der Waals surface area contributed by atoms with Crippen LogP contribution in [-0.4, -0.2) is 23.6 Å². The predicted molar refractivity (Wildman–Crippen MR) is 125 cm³/mol. The Morgan fingerprint density at radius 3 is 2.36 bits per heavy atom. The second-order valence-corrected chi connectivity index (χ2v) is 7.63. The second kappa shape index (κ2) is 9.35. The zero-order valence-corrected chi connectivity index (χ0v) is 17.9. The van der Waals surface area contributed by atoms with Crippen LogP contribution in [0.15, 0.2) is 72.8 Å². The van der Waals surface area contributed by atoms with E-state index in [-0.39, 0.29) is 30.6 Å². The van der Waals surface area contributed by atoms with E-state index in [0.717, 1.165) is 5.56 Å². The maximum atomic E-state index is 12.8. The van der Waals surface area contributed by atoms with E-state index in [1.165, 1.54) is 5.01 Å². The third kappa shape index (κ3) is 5.07. The first-order chi connectivity index (χ1) is 15.9. The van der Waals surface area contributed by atoms with E-state index < -0.39 is 5.91 Å². The van der Waals surface area contributed by atoms with Crippen LogP contribution in [0.5, 0.6) is 0 Å². The lowest BCUT2D eigenvalue weighted by molar-refractivity contribution is -0.130. The summed E-state index contributed by atoms with van der Waals surface area (Å²) in [4.78, 5) is 49.2. The van der Waals surface area contributed by atoms with E-state index in [1.54, 1.807) is 54.6 Å². The van der Waals surface area contributed by atoms with Crippen molar-refractivity contribution in [1.29, 1.82) is 0 Å². The van der Waals surface area contributed by atoms with Crippen molar-refractivity contribution < 1.29 is 19.2 Å². The summed E-state index contributed by atoms with van der Waals surface area (Å²) < 4.78 is 0. The summed E-state index contributed by atoms with van der Waals surface area (Å²) in [5.74, 6) is -1.21. The highest BCUT2D eigenvalue weighted by Crippen LogP contribution is 2.21. The molecule has 1 aliphatic heterocycles. The molecular weight excluding hydrogens is 420 g/mol. The zero-order valence-electron chi connectivity index (χ0n) is 17.9. The molecule has 1 fully saturated rings. The molecule has 33 heavy (non-hydrogen) atoms. The van der Waals surface area contributed by atoms with E-state index in [1.807, 2.05) is 25.1 Å². The van der Waals surface area contributed by atoms with Crippen LogP contribution in [0.1, 0.15) is 39.1 Å². The number of hydrogen-bond acceptors (Lipinski definition) is 4. The van der Waals surface area contributed by atoms with Crippen molar-refractivity contribution in [2.75, 3.05) is 15.6 Å². The van der Waals surface area contributed by atoms with Crippen molar-refractivity contribution in [2.24, 2.45) is 0 Å². The Morgan fingerprint density at radius 2 is 1.61 bits per heavy atom. The number of amides is 4. The molecule has 3 aromatic rings. The summed E-state index contributed by atoms with van der Waals surface area (Å²) in [5.41, 5.74) is 5.69. The minimum Gasteiger partial charge on any atom is -0.322 e. The van der Waals surface area contributed by atoms with Gasteiger partial charge in [0.25, 0.3) is 11.8 Å². The number of aryl methyl sites for hydroxylation is 1. The normalized spacial score (nSPS) is 13.3. The molecule has 0 bridgehead atoms. The fourth-order valence-electron chi connectivity index (χ4n) is 3.45. The van der Waals surface area contributed by atoms with Crippen molar-refractivity contribution in [3.63, 3.8) is 0 Å². The highest BCUT2D eigenvalue weighted by Gasteiger charge is 2.24. The number of nitrogens with zero attached hydrogens (tertiary/aromatic N) is 1. The number of hydrogen-bond donors (Lipinski definition) is 3. The maximum Gasteiger partial charge on any atom is 0.257 e. The SMILES string of the molecule is Cc1cccc(NC(=O)c2ccccc2NC(=O)c2ccc(N3NC(=O)CCC3=O)cc2)c1. The minimum absolute atomic E-state index is 0.134. The number of rotatable bonds is 5. The Bertz CT molecular complexity index is 1240. The molecule has 0 radical (unpaired) electrons. The molecule has 8 nitrogen and oxygen atoms in total. The summed E-state index contributed by atoms with van der Waals surface area (Å²) >= 11 is 0. The maximum absolute atomic E-state index is 12.8. The lowest BCUT2D eigenvalue weighted by Crippen LogP contribution is -2.50. The number of carbonyl (C=O) groups is 4. The molecule has 0 aliphatic carbocycles. The van der Waals surface area contributed by atoms with E-state index in [2.05, 4.69) is 16.1 Å². The van der Waals surface area contributed by atoms with E-state index in [4.69, 9.17) is 0 Å². The van der Waals surface area contributed by atoms with E-state index in [9.17, 15) is 19.2 Å². The number of benzene rings is 3. The van der Waals surface area contributed by atoms with E-state index >= 15 is 0 Å². The lowest BCUT2D eigenvalue weighted by atomic mass is 10.1. The quantitative estimate of drug-likeness (QED) is 0.560. The first-order valence-electron chi connectivity index (χ1n) is 10.4. The van der Waals surface area contributed by atoms with Crippen LogP contribution in [0.2, 0.25) is 0 Å². The van der Waals surface area contributed by atoms with Gasteiger partial charge in [0.15, 0.2) is 0 Å². The molecule has 8 heteroatoms. The van der Waals surface area contributed by atoms with Crippen molar-refractivity contribution in [1.82, 2.24) is 5.43 Å². The highest BCUT2D eigenvalue weighted by molar-refractivity contribution is 6.12. The first kappa shape index (κ1) is 21.8. The third-order valence-electron chi connectivity index (χ3n) is 5.14. The molecule has 1 heterocycles. The van der Waals surface area contributed by atoms with Gasteiger partial charge in [-0.1, -0.05) is 24.3 Å². The van der Waals surface area contributed by atoms with Crippen LogP contribution in [0.25, 0.3) is 0 Å². The molecule has 1 aliphatic rings. The van der Waals surface area contributed by atoms with Gasteiger partial charge >= 0.3 is 0 Å². The molecular formula is C25H22N4O4. The van der Waals surface area contributed by atoms with Crippen LogP contribution >= 0.6 is 0 Å². The molecule has 0 aromatic heterocycles. The Hall–Kier alpha value is -4.46. The van der Waals surface area contributed by atoms with Gasteiger partial charge in [0.2, 0.25) is 11.8 Å². The van der Waals surface area contributed by atoms with Crippen molar-refractivity contribution in [3.05, 3.63) is 89.5 Å².